The Bertz CT molecular complexity index is 1540. The predicted molar refractivity (Wildman–Crippen MR) is 252 cm³/mol. The molecule has 21 N–H and O–H groups in total. The second kappa shape index (κ2) is 32.0. The second-order valence-corrected chi connectivity index (χ2v) is 20.4. The third-order valence-electron chi connectivity index (χ3n) is 15.2. The maximum Gasteiger partial charge on any atom is 1.00 e. The zero-order valence-electron chi connectivity index (χ0n) is 46.1. The molecule has 21 rings (SSSR count). The van der Waals surface area contributed by atoms with E-state index in [4.69, 9.17) is 71.1 Å². The van der Waals surface area contributed by atoms with Crippen LogP contribution in [0.1, 0.15) is 15.3 Å². The Morgan fingerprint density at radius 1 is 0.229 bits per heavy atom. The molecule has 36 nitrogen and oxygen atoms in total. The van der Waals surface area contributed by atoms with E-state index in [-0.39, 0.29) is 31.0 Å². The predicted octanol–water partition coefficient (Wildman–Crippen LogP) is -17.1. The minimum absolute atomic E-state index is 0. The SMILES string of the molecule is CCOCC.OC[C@H]1O[C@@H]2O[C@H]3[C@H](O)[C@@H](O)[C@@H](O[C@H]4[C@H](O)[C@@H](O)[C@@H](O[C@H]5[C@H](O)[C@@H](O)[C@@H](O[C@H]6[C@H](O)[C@@H](O)[C@@H](O[C@H]7[C@H](O)[C@@H](O)[C@@H](O[C@H]8[C@H](O)[C@@H](O)[C@@H](O[C@H]1[C@H](O)[C@H]2O)O[C@@H]8CO)O[C@@H]7CO)O[C@@H]6CO)O[C@@H]5CO)O[C@@H]4CO)O[C@@H]3CO.[H-].[Na+]. The Hall–Kier alpha value is -0.440. The van der Waals surface area contributed by atoms with Crippen LogP contribution in [0.4, 0.5) is 0 Å². The van der Waals surface area contributed by atoms with Crippen molar-refractivity contribution in [2.75, 3.05) is 59.5 Å². The van der Waals surface area contributed by atoms with Crippen molar-refractivity contribution >= 4 is 0 Å². The summed E-state index contributed by atoms with van der Waals surface area (Å²) in [5, 5.41) is 230. The average molecular weight is 1230 g/mol. The number of aliphatic hydroxyl groups excluding tert-OH is 21. The molecule has 21 aliphatic rings. The summed E-state index contributed by atoms with van der Waals surface area (Å²) in [5.74, 6) is 0. The average Bonchev–Trinajstić information content (AvgIpc) is 2.46. The van der Waals surface area contributed by atoms with Gasteiger partial charge in [-0.2, -0.15) is 0 Å². The Morgan fingerprint density at radius 3 is 0.434 bits per heavy atom. The summed E-state index contributed by atoms with van der Waals surface area (Å²) in [4.78, 5) is 0. The van der Waals surface area contributed by atoms with Crippen molar-refractivity contribution in [3.8, 4) is 0 Å². The van der Waals surface area contributed by atoms with Crippen molar-refractivity contribution in [3.63, 3.8) is 0 Å². The summed E-state index contributed by atoms with van der Waals surface area (Å²) < 4.78 is 84.3. The molecule has 0 aromatic heterocycles. The van der Waals surface area contributed by atoms with Crippen molar-refractivity contribution in [2.45, 2.75) is 229 Å². The minimum Gasteiger partial charge on any atom is -1.00 e. The van der Waals surface area contributed by atoms with E-state index in [1.807, 2.05) is 13.8 Å². The molecule has 37 heteroatoms. The maximum atomic E-state index is 11.3. The van der Waals surface area contributed by atoms with Gasteiger partial charge in [-0.05, 0) is 13.8 Å². The first kappa shape index (κ1) is 71.6. The van der Waals surface area contributed by atoms with Crippen LogP contribution in [0.3, 0.4) is 0 Å². The van der Waals surface area contributed by atoms with Crippen LogP contribution < -0.4 is 29.6 Å². The fourth-order valence-electron chi connectivity index (χ4n) is 10.6. The molecule has 21 saturated heterocycles. The molecule has 21 heterocycles. The first-order chi connectivity index (χ1) is 39.1. The van der Waals surface area contributed by atoms with Crippen molar-refractivity contribution in [2.24, 2.45) is 0 Å². The van der Waals surface area contributed by atoms with Gasteiger partial charge in [0.15, 0.2) is 44.0 Å². The van der Waals surface area contributed by atoms with E-state index in [9.17, 15) is 107 Å². The van der Waals surface area contributed by atoms with Gasteiger partial charge in [0.1, 0.15) is 171 Å². The molecule has 0 amide bonds. The third-order valence-corrected chi connectivity index (χ3v) is 15.2. The number of hydrogen-bond donors (Lipinski definition) is 21. The van der Waals surface area contributed by atoms with Crippen molar-refractivity contribution < 1.29 is 209 Å². The normalized spacial score (nSPS) is 51.9. The summed E-state index contributed by atoms with van der Waals surface area (Å²) in [6.45, 7) is -1.66. The molecule has 0 radical (unpaired) electrons. The molecule has 21 aliphatic heterocycles. The Kier molecular flexibility index (Phi) is 27.6. The second-order valence-electron chi connectivity index (χ2n) is 20.4. The molecular weight excluding hydrogens is 1150 g/mol. The van der Waals surface area contributed by atoms with Gasteiger partial charge >= 0.3 is 29.6 Å². The number of rotatable bonds is 9. The zero-order chi connectivity index (χ0) is 60.2. The smallest absolute Gasteiger partial charge is 1.00 e. The van der Waals surface area contributed by atoms with Gasteiger partial charge in [-0.1, -0.05) is 0 Å². The van der Waals surface area contributed by atoms with Gasteiger partial charge in [-0.15, -0.1) is 0 Å². The number of ether oxygens (including phenoxy) is 15. The molecule has 35 atom stereocenters. The minimum atomic E-state index is -2.21. The fourth-order valence-corrected chi connectivity index (χ4v) is 10.6. The monoisotopic (exact) mass is 1230 g/mol. The summed E-state index contributed by atoms with van der Waals surface area (Å²) in [6.07, 6.45) is -70.2. The van der Waals surface area contributed by atoms with Gasteiger partial charge < -0.3 is 180 Å². The molecule has 0 spiro atoms. The zero-order valence-corrected chi connectivity index (χ0v) is 47.1. The first-order valence-electron chi connectivity index (χ1n) is 26.6. The van der Waals surface area contributed by atoms with Crippen LogP contribution in [0.15, 0.2) is 0 Å². The van der Waals surface area contributed by atoms with E-state index in [0.717, 1.165) is 13.2 Å². The largest absolute Gasteiger partial charge is 1.00 e. The molecule has 0 aromatic carbocycles. The molecule has 0 aromatic rings. The quantitative estimate of drug-likeness (QED) is 0.0953. The van der Waals surface area contributed by atoms with Gasteiger partial charge in [-0.3, -0.25) is 0 Å². The fraction of sp³-hybridized carbons (Fsp3) is 1.00. The Labute approximate surface area is 495 Å². The van der Waals surface area contributed by atoms with Crippen molar-refractivity contribution in [1.82, 2.24) is 0 Å². The molecule has 0 saturated carbocycles. The standard InChI is InChI=1S/C42H70O35.C4H10O.Na.H/c43-1-8-29-15(50)22(57)36(64-8)72-30-9(2-44)66-38(24(59)17(30)52)74-32-11(4-46)68-40(26(61)19(32)54)76-34-13(6-48)70-42(28(63)21(34)56)77-35-14(7-49)69-41(27(62)20(35)55)75-33-12(5-47)67-39(25(60)18(33)53)73-31-10(3-45)65-37(71-29)23(58)16(31)51;1-3-5-4-2;;/h8-63H,1-7H2;3-4H2,1-2H3;;/q;;+1;-1/t8-,9-,10-,11-,12-,13-,14-,15-,16-,17-,18-,19-,20-,21-,22-,23-,24-,25-,26-,27-,28-,29-,30-,31-,32-,33-,34-,35-,36-,37-,38-,39-,40-,41-,42-;;;/m1.../s1. The Balaban J connectivity index is 0.00000177. The molecule has 83 heavy (non-hydrogen) atoms. The summed E-state index contributed by atoms with van der Waals surface area (Å²) >= 11 is 0. The van der Waals surface area contributed by atoms with E-state index < -0.39 is 261 Å². The molecule has 482 valence electrons. The van der Waals surface area contributed by atoms with Crippen LogP contribution in [-0.2, 0) is 71.1 Å². The van der Waals surface area contributed by atoms with E-state index in [1.165, 1.54) is 0 Å². The topological polar surface area (TPSA) is 563 Å². The molecule has 0 unspecified atom stereocenters. The summed E-state index contributed by atoms with van der Waals surface area (Å²) in [5.41, 5.74) is 0. The van der Waals surface area contributed by atoms with Crippen LogP contribution in [0, 0.1) is 0 Å². The van der Waals surface area contributed by atoms with Crippen LogP contribution >= 0.6 is 0 Å². The number of hydrogen-bond acceptors (Lipinski definition) is 36. The van der Waals surface area contributed by atoms with Crippen molar-refractivity contribution in [3.05, 3.63) is 0 Å². The van der Waals surface area contributed by atoms with Gasteiger partial charge in [0.05, 0.1) is 46.2 Å². The van der Waals surface area contributed by atoms with Gasteiger partial charge in [0.2, 0.25) is 0 Å². The van der Waals surface area contributed by atoms with E-state index in [1.54, 1.807) is 0 Å². The van der Waals surface area contributed by atoms with E-state index in [2.05, 4.69) is 0 Å². The van der Waals surface area contributed by atoms with Crippen molar-refractivity contribution in [1.29, 1.82) is 0 Å². The molecule has 14 bridgehead atoms. The summed E-state index contributed by atoms with van der Waals surface area (Å²) in [7, 11) is 0. The van der Waals surface area contributed by atoms with Gasteiger partial charge in [-0.25, -0.2) is 0 Å². The van der Waals surface area contributed by atoms with Gasteiger partial charge in [0.25, 0.3) is 0 Å². The molecule has 0 aliphatic carbocycles. The molecular formula is C46H81NaO36. The maximum absolute atomic E-state index is 11.3. The van der Waals surface area contributed by atoms with E-state index in [0.29, 0.717) is 0 Å². The summed E-state index contributed by atoms with van der Waals surface area (Å²) in [6, 6.07) is 0. The number of aliphatic hydroxyl groups is 21. The van der Waals surface area contributed by atoms with Crippen LogP contribution in [0.2, 0.25) is 0 Å². The van der Waals surface area contributed by atoms with Gasteiger partial charge in [0, 0.05) is 13.2 Å². The van der Waals surface area contributed by atoms with Crippen LogP contribution in [0.25, 0.3) is 0 Å². The van der Waals surface area contributed by atoms with Crippen LogP contribution in [-0.4, -0.2) is 382 Å². The molecule has 21 fully saturated rings. The first-order valence-corrected chi connectivity index (χ1v) is 26.6. The van der Waals surface area contributed by atoms with E-state index >= 15 is 0 Å². The van der Waals surface area contributed by atoms with Crippen LogP contribution in [0.5, 0.6) is 0 Å². The Morgan fingerprint density at radius 2 is 0.349 bits per heavy atom. The third kappa shape index (κ3) is 15.3.